The second-order valence-corrected chi connectivity index (χ2v) is 5.54. The maximum absolute atomic E-state index is 11.7. The van der Waals surface area contributed by atoms with Crippen molar-refractivity contribution < 1.29 is 9.52 Å². The van der Waals surface area contributed by atoms with Crippen molar-refractivity contribution in [2.75, 3.05) is 13.1 Å². The van der Waals surface area contributed by atoms with E-state index in [0.29, 0.717) is 17.7 Å². The highest BCUT2D eigenvalue weighted by atomic mass is 16.4. The first-order valence-electron chi connectivity index (χ1n) is 7.13. The van der Waals surface area contributed by atoms with Crippen LogP contribution < -0.4 is 5.63 Å². The molecule has 0 spiro atoms. The topological polar surface area (TPSA) is 53.7 Å². The Hall–Kier alpha value is -1.81. The summed E-state index contributed by atoms with van der Waals surface area (Å²) in [6, 6.07) is 5.29. The summed E-state index contributed by atoms with van der Waals surface area (Å²) in [6.07, 6.45) is 3.65. The van der Waals surface area contributed by atoms with Crippen molar-refractivity contribution in [3.8, 4) is 5.75 Å². The minimum absolute atomic E-state index is 0.204. The number of hydrogen-bond donors (Lipinski definition) is 1. The smallest absolute Gasteiger partial charge is 0.339 e. The number of hydrogen-bond acceptors (Lipinski definition) is 4. The minimum atomic E-state index is -0.331. The third-order valence-corrected chi connectivity index (χ3v) is 3.99. The van der Waals surface area contributed by atoms with Gasteiger partial charge in [0.15, 0.2) is 0 Å². The van der Waals surface area contributed by atoms with Gasteiger partial charge in [-0.25, -0.2) is 4.79 Å². The van der Waals surface area contributed by atoms with Crippen molar-refractivity contribution in [2.24, 2.45) is 0 Å². The summed E-state index contributed by atoms with van der Waals surface area (Å²) in [5, 5.41) is 11.0. The molecule has 0 saturated carbocycles. The summed E-state index contributed by atoms with van der Waals surface area (Å²) in [6.45, 7) is 4.44. The van der Waals surface area contributed by atoms with E-state index < -0.39 is 0 Å². The summed E-state index contributed by atoms with van der Waals surface area (Å²) < 4.78 is 5.40. The first-order valence-corrected chi connectivity index (χ1v) is 7.13. The zero-order valence-corrected chi connectivity index (χ0v) is 11.7. The van der Waals surface area contributed by atoms with Crippen molar-refractivity contribution >= 4 is 11.0 Å². The lowest BCUT2D eigenvalue weighted by molar-refractivity contribution is 0.218. The van der Waals surface area contributed by atoms with Crippen molar-refractivity contribution in [1.82, 2.24) is 4.90 Å². The van der Waals surface area contributed by atoms with Gasteiger partial charge in [-0.2, -0.15) is 0 Å². The summed E-state index contributed by atoms with van der Waals surface area (Å²) in [5.74, 6) is 0.204. The lowest BCUT2D eigenvalue weighted by Gasteiger charge is -2.26. The lowest BCUT2D eigenvalue weighted by Crippen LogP contribution is -2.29. The van der Waals surface area contributed by atoms with E-state index in [4.69, 9.17) is 4.42 Å². The van der Waals surface area contributed by atoms with Crippen molar-refractivity contribution in [3.63, 3.8) is 0 Å². The van der Waals surface area contributed by atoms with E-state index >= 15 is 0 Å². The van der Waals surface area contributed by atoms with E-state index in [1.165, 1.54) is 19.3 Å². The maximum atomic E-state index is 11.7. The zero-order chi connectivity index (χ0) is 14.1. The predicted molar refractivity (Wildman–Crippen MR) is 78.0 cm³/mol. The van der Waals surface area contributed by atoms with Crippen LogP contribution in [0, 0.1) is 6.92 Å². The Labute approximate surface area is 117 Å². The monoisotopic (exact) mass is 273 g/mol. The SMILES string of the molecule is Cc1cc2ccc(O)c(CN3CCCCC3)c2oc1=O. The molecule has 0 unspecified atom stereocenters. The highest BCUT2D eigenvalue weighted by molar-refractivity contribution is 5.82. The summed E-state index contributed by atoms with van der Waals surface area (Å²) in [7, 11) is 0. The Balaban J connectivity index is 2.05. The quantitative estimate of drug-likeness (QED) is 0.855. The second-order valence-electron chi connectivity index (χ2n) is 5.54. The fourth-order valence-corrected chi connectivity index (χ4v) is 2.83. The van der Waals surface area contributed by atoms with Crippen molar-refractivity contribution in [1.29, 1.82) is 0 Å². The second kappa shape index (κ2) is 5.29. The molecule has 20 heavy (non-hydrogen) atoms. The molecule has 0 amide bonds. The van der Waals surface area contributed by atoms with Crippen LogP contribution in [0.15, 0.2) is 27.4 Å². The average Bonchev–Trinajstić information content (AvgIpc) is 2.45. The molecule has 1 aliphatic rings. The van der Waals surface area contributed by atoms with E-state index in [1.54, 1.807) is 19.1 Å². The molecule has 0 radical (unpaired) electrons. The van der Waals surface area contributed by atoms with Gasteiger partial charge in [-0.3, -0.25) is 4.90 Å². The Kier molecular flexibility index (Phi) is 3.49. The van der Waals surface area contributed by atoms with E-state index in [0.717, 1.165) is 24.0 Å². The molecular formula is C16H19NO3. The summed E-state index contributed by atoms with van der Waals surface area (Å²) >= 11 is 0. The molecule has 3 rings (SSSR count). The van der Waals surface area contributed by atoms with E-state index in [9.17, 15) is 9.90 Å². The van der Waals surface area contributed by atoms with Gasteiger partial charge in [-0.1, -0.05) is 6.42 Å². The Morgan fingerprint density at radius 3 is 2.75 bits per heavy atom. The van der Waals surface area contributed by atoms with Crippen LogP contribution in [0.3, 0.4) is 0 Å². The fraction of sp³-hybridized carbons (Fsp3) is 0.438. The van der Waals surface area contributed by atoms with Gasteiger partial charge >= 0.3 is 5.63 Å². The van der Waals surface area contributed by atoms with E-state index in [-0.39, 0.29) is 11.4 Å². The number of phenols is 1. The third-order valence-electron chi connectivity index (χ3n) is 3.99. The first-order chi connectivity index (χ1) is 9.65. The number of phenolic OH excluding ortho intramolecular Hbond substituents is 1. The standard InChI is InChI=1S/C16H19NO3/c1-11-9-12-5-6-14(18)13(15(12)20-16(11)19)10-17-7-3-2-4-8-17/h5-6,9,18H,2-4,7-8,10H2,1H3. The highest BCUT2D eigenvalue weighted by Crippen LogP contribution is 2.28. The number of fused-ring (bicyclic) bond motifs is 1. The van der Waals surface area contributed by atoms with Gasteiger partial charge in [0.25, 0.3) is 0 Å². The zero-order valence-electron chi connectivity index (χ0n) is 11.7. The van der Waals surface area contributed by atoms with Crippen LogP contribution in [-0.2, 0) is 6.54 Å². The van der Waals surface area contributed by atoms with Gasteiger partial charge in [-0.15, -0.1) is 0 Å². The minimum Gasteiger partial charge on any atom is -0.507 e. The number of nitrogens with zero attached hydrogens (tertiary/aromatic N) is 1. The van der Waals surface area contributed by atoms with Crippen LogP contribution in [0.5, 0.6) is 5.75 Å². The molecular weight excluding hydrogens is 254 g/mol. The molecule has 0 aliphatic carbocycles. The molecule has 2 aromatic rings. The van der Waals surface area contributed by atoms with Crippen molar-refractivity contribution in [2.45, 2.75) is 32.7 Å². The lowest BCUT2D eigenvalue weighted by atomic mass is 10.1. The molecule has 4 heteroatoms. The molecule has 1 aromatic heterocycles. The van der Waals surface area contributed by atoms with Gasteiger partial charge in [0.05, 0.1) is 5.56 Å². The number of likely N-dealkylation sites (tertiary alicyclic amines) is 1. The molecule has 1 saturated heterocycles. The molecule has 0 atom stereocenters. The normalized spacial score (nSPS) is 16.6. The fourth-order valence-electron chi connectivity index (χ4n) is 2.83. The van der Waals surface area contributed by atoms with E-state index in [2.05, 4.69) is 4.90 Å². The Bertz CT molecular complexity index is 684. The van der Waals surface area contributed by atoms with Crippen LogP contribution >= 0.6 is 0 Å². The van der Waals surface area contributed by atoms with Crippen LogP contribution in [0.2, 0.25) is 0 Å². The molecule has 1 fully saturated rings. The third kappa shape index (κ3) is 2.43. The van der Waals surface area contributed by atoms with Crippen LogP contribution in [0.1, 0.15) is 30.4 Å². The molecule has 106 valence electrons. The van der Waals surface area contributed by atoms with Gasteiger partial charge in [0.1, 0.15) is 11.3 Å². The first kappa shape index (κ1) is 13.2. The van der Waals surface area contributed by atoms with Gasteiger partial charge in [-0.05, 0) is 51.1 Å². The van der Waals surface area contributed by atoms with E-state index in [1.807, 2.05) is 6.07 Å². The Morgan fingerprint density at radius 2 is 2.00 bits per heavy atom. The van der Waals surface area contributed by atoms with Gasteiger partial charge in [0.2, 0.25) is 0 Å². The average molecular weight is 273 g/mol. The van der Waals surface area contributed by atoms with Gasteiger partial charge < -0.3 is 9.52 Å². The maximum Gasteiger partial charge on any atom is 0.339 e. The Morgan fingerprint density at radius 1 is 1.25 bits per heavy atom. The number of aromatic hydroxyl groups is 1. The van der Waals surface area contributed by atoms with Crippen LogP contribution in [-0.4, -0.2) is 23.1 Å². The number of aryl methyl sites for hydroxylation is 1. The van der Waals surface area contributed by atoms with Crippen molar-refractivity contribution in [3.05, 3.63) is 39.7 Å². The van der Waals surface area contributed by atoms with Crippen LogP contribution in [0.4, 0.5) is 0 Å². The molecule has 1 aliphatic heterocycles. The highest BCUT2D eigenvalue weighted by Gasteiger charge is 2.16. The molecule has 1 N–H and O–H groups in total. The molecule has 4 nitrogen and oxygen atoms in total. The summed E-state index contributed by atoms with van der Waals surface area (Å²) in [4.78, 5) is 14.0. The molecule has 1 aromatic carbocycles. The molecule has 0 bridgehead atoms. The van der Waals surface area contributed by atoms with Crippen LogP contribution in [0.25, 0.3) is 11.0 Å². The number of rotatable bonds is 2. The largest absolute Gasteiger partial charge is 0.507 e. The number of piperidine rings is 1. The van der Waals surface area contributed by atoms with Gasteiger partial charge in [0, 0.05) is 17.5 Å². The molecule has 2 heterocycles. The number of benzene rings is 1. The summed E-state index contributed by atoms with van der Waals surface area (Å²) in [5.41, 5.74) is 1.50. The predicted octanol–water partition coefficient (Wildman–Crippen LogP) is 2.79.